The van der Waals surface area contributed by atoms with Gasteiger partial charge in [-0.25, -0.2) is 4.79 Å². The molecule has 3 heteroatoms. The minimum absolute atomic E-state index is 0.0818. The lowest BCUT2D eigenvalue weighted by molar-refractivity contribution is -0.131. The van der Waals surface area contributed by atoms with E-state index in [0.717, 1.165) is 18.4 Å². The normalized spacial score (nSPS) is 28.7. The summed E-state index contributed by atoms with van der Waals surface area (Å²) in [5, 5.41) is 18.7. The summed E-state index contributed by atoms with van der Waals surface area (Å²) in [7, 11) is 0. The minimum atomic E-state index is -0.945. The van der Waals surface area contributed by atoms with Gasteiger partial charge in [-0.15, -0.1) is 0 Å². The molecule has 0 amide bonds. The van der Waals surface area contributed by atoms with Crippen LogP contribution in [0, 0.1) is 11.3 Å². The van der Waals surface area contributed by atoms with Crippen LogP contribution in [0.4, 0.5) is 0 Å². The van der Waals surface area contributed by atoms with Crippen LogP contribution in [0.2, 0.25) is 0 Å². The van der Waals surface area contributed by atoms with E-state index in [-0.39, 0.29) is 17.4 Å². The highest BCUT2D eigenvalue weighted by atomic mass is 16.4. The molecule has 0 radical (unpaired) electrons. The molecule has 0 heterocycles. The number of allylic oxidation sites excluding steroid dienone is 4. The van der Waals surface area contributed by atoms with Gasteiger partial charge in [-0.3, -0.25) is 0 Å². The molecule has 0 unspecified atom stereocenters. The Labute approximate surface area is 109 Å². The lowest BCUT2D eigenvalue weighted by Crippen LogP contribution is -2.40. The van der Waals surface area contributed by atoms with E-state index in [2.05, 4.69) is 6.58 Å². The lowest BCUT2D eigenvalue weighted by atomic mass is 9.65. The molecule has 100 valence electrons. The maximum atomic E-state index is 10.5. The molecule has 3 nitrogen and oxygen atoms in total. The lowest BCUT2D eigenvalue weighted by Gasteiger charge is -2.42. The maximum Gasteiger partial charge on any atom is 0.328 e. The summed E-state index contributed by atoms with van der Waals surface area (Å²) in [6.07, 6.45) is 6.15. The average Bonchev–Trinajstić information content (AvgIpc) is 2.22. The molecule has 0 aliphatic heterocycles. The highest BCUT2D eigenvalue weighted by molar-refractivity contribution is 5.81. The summed E-state index contributed by atoms with van der Waals surface area (Å²) >= 11 is 0. The fourth-order valence-electron chi connectivity index (χ4n) is 2.46. The smallest absolute Gasteiger partial charge is 0.328 e. The topological polar surface area (TPSA) is 57.5 Å². The third kappa shape index (κ3) is 3.33. The fraction of sp³-hybridized carbons (Fsp3) is 0.533. The van der Waals surface area contributed by atoms with Crippen molar-refractivity contribution in [2.24, 2.45) is 11.3 Å². The van der Waals surface area contributed by atoms with Gasteiger partial charge >= 0.3 is 5.97 Å². The van der Waals surface area contributed by atoms with Gasteiger partial charge in [0.1, 0.15) is 0 Å². The van der Waals surface area contributed by atoms with Crippen molar-refractivity contribution in [1.29, 1.82) is 0 Å². The SMILES string of the molecule is C=C1CC[C@H](O)C(C)(C)[C@H]1/C=C/C(C)=C\C(=O)O. The summed E-state index contributed by atoms with van der Waals surface area (Å²) in [5.74, 6) is -0.864. The average molecular weight is 250 g/mol. The van der Waals surface area contributed by atoms with E-state index in [1.807, 2.05) is 19.9 Å². The Morgan fingerprint density at radius 1 is 1.50 bits per heavy atom. The molecule has 1 saturated carbocycles. The minimum Gasteiger partial charge on any atom is -0.478 e. The van der Waals surface area contributed by atoms with Gasteiger partial charge in [0.15, 0.2) is 0 Å². The van der Waals surface area contributed by atoms with Crippen LogP contribution in [-0.2, 0) is 4.79 Å². The van der Waals surface area contributed by atoms with E-state index in [1.165, 1.54) is 6.08 Å². The Bertz CT molecular complexity index is 402. The standard InChI is InChI=1S/C15H22O3/c1-10(9-14(17)18)5-7-12-11(2)6-8-13(16)15(12,3)4/h5,7,9,12-13,16H,2,6,8H2,1,3-4H3,(H,17,18)/b7-5+,10-9-/t12-,13-/m0/s1. The number of carbonyl (C=O) groups is 1. The van der Waals surface area contributed by atoms with Crippen molar-refractivity contribution in [1.82, 2.24) is 0 Å². The van der Waals surface area contributed by atoms with Gasteiger partial charge in [0, 0.05) is 17.4 Å². The number of aliphatic carboxylic acids is 1. The molecule has 2 atom stereocenters. The third-order valence-electron chi connectivity index (χ3n) is 3.74. The summed E-state index contributed by atoms with van der Waals surface area (Å²) in [6, 6.07) is 0. The van der Waals surface area contributed by atoms with Crippen LogP contribution in [-0.4, -0.2) is 22.3 Å². The van der Waals surface area contributed by atoms with Gasteiger partial charge < -0.3 is 10.2 Å². The molecule has 1 fully saturated rings. The van der Waals surface area contributed by atoms with E-state index in [0.29, 0.717) is 5.57 Å². The number of carboxylic acids is 1. The molecule has 0 aromatic carbocycles. The summed E-state index contributed by atoms with van der Waals surface area (Å²) in [6.45, 7) is 9.86. The first kappa shape index (κ1) is 14.7. The highest BCUT2D eigenvalue weighted by Gasteiger charge is 2.39. The molecule has 0 bridgehead atoms. The Balaban J connectivity index is 2.90. The van der Waals surface area contributed by atoms with Gasteiger partial charge in [-0.2, -0.15) is 0 Å². The number of hydrogen-bond acceptors (Lipinski definition) is 2. The van der Waals surface area contributed by atoms with Crippen LogP contribution < -0.4 is 0 Å². The second kappa shape index (κ2) is 5.53. The van der Waals surface area contributed by atoms with Crippen LogP contribution in [0.1, 0.15) is 33.6 Å². The first-order valence-corrected chi connectivity index (χ1v) is 6.20. The second-order valence-corrected chi connectivity index (χ2v) is 5.60. The maximum absolute atomic E-state index is 10.5. The van der Waals surface area contributed by atoms with Crippen molar-refractivity contribution in [3.63, 3.8) is 0 Å². The molecule has 1 aliphatic carbocycles. The van der Waals surface area contributed by atoms with Gasteiger partial charge in [0.25, 0.3) is 0 Å². The van der Waals surface area contributed by atoms with Gasteiger partial charge in [-0.05, 0) is 25.3 Å². The molecular weight excluding hydrogens is 228 g/mol. The zero-order chi connectivity index (χ0) is 13.9. The Morgan fingerprint density at radius 3 is 2.67 bits per heavy atom. The summed E-state index contributed by atoms with van der Waals surface area (Å²) in [4.78, 5) is 10.5. The number of aliphatic hydroxyl groups is 1. The van der Waals surface area contributed by atoms with Gasteiger partial charge in [0.2, 0.25) is 0 Å². The largest absolute Gasteiger partial charge is 0.478 e. The van der Waals surface area contributed by atoms with Crippen LogP contribution in [0.3, 0.4) is 0 Å². The molecule has 0 saturated heterocycles. The number of hydrogen-bond donors (Lipinski definition) is 2. The first-order chi connectivity index (χ1) is 8.25. The van der Waals surface area contributed by atoms with Crippen molar-refractivity contribution >= 4 is 5.97 Å². The van der Waals surface area contributed by atoms with Crippen molar-refractivity contribution in [2.45, 2.75) is 39.7 Å². The highest BCUT2D eigenvalue weighted by Crippen LogP contribution is 2.44. The van der Waals surface area contributed by atoms with Crippen LogP contribution >= 0.6 is 0 Å². The van der Waals surface area contributed by atoms with Gasteiger partial charge in [-0.1, -0.05) is 38.2 Å². The summed E-state index contributed by atoms with van der Waals surface area (Å²) in [5.41, 5.74) is 1.53. The monoisotopic (exact) mass is 250 g/mol. The zero-order valence-corrected chi connectivity index (χ0v) is 11.3. The van der Waals surface area contributed by atoms with E-state index >= 15 is 0 Å². The zero-order valence-electron chi connectivity index (χ0n) is 11.3. The van der Waals surface area contributed by atoms with Crippen LogP contribution in [0.15, 0.2) is 36.0 Å². The second-order valence-electron chi connectivity index (χ2n) is 5.60. The van der Waals surface area contributed by atoms with Crippen LogP contribution in [0.25, 0.3) is 0 Å². The Morgan fingerprint density at radius 2 is 2.11 bits per heavy atom. The predicted octanol–water partition coefficient (Wildman–Crippen LogP) is 2.93. The molecule has 1 rings (SSSR count). The first-order valence-electron chi connectivity index (χ1n) is 6.20. The van der Waals surface area contributed by atoms with Crippen molar-refractivity contribution in [3.8, 4) is 0 Å². The van der Waals surface area contributed by atoms with Gasteiger partial charge in [0.05, 0.1) is 6.10 Å². The molecule has 0 spiro atoms. The Kier molecular flexibility index (Phi) is 4.52. The molecule has 1 aliphatic rings. The van der Waals surface area contributed by atoms with E-state index in [4.69, 9.17) is 5.11 Å². The fourth-order valence-corrected chi connectivity index (χ4v) is 2.46. The number of aliphatic hydroxyl groups excluding tert-OH is 1. The third-order valence-corrected chi connectivity index (χ3v) is 3.74. The molecule has 0 aromatic heterocycles. The van der Waals surface area contributed by atoms with Crippen molar-refractivity contribution in [3.05, 3.63) is 36.0 Å². The predicted molar refractivity (Wildman–Crippen MR) is 72.2 cm³/mol. The molecule has 2 N–H and O–H groups in total. The van der Waals surface area contributed by atoms with E-state index < -0.39 is 5.97 Å². The molecule has 0 aromatic rings. The molecule has 18 heavy (non-hydrogen) atoms. The Hall–Kier alpha value is -1.35. The molecular formula is C15H22O3. The van der Waals surface area contributed by atoms with Crippen LogP contribution in [0.5, 0.6) is 0 Å². The quantitative estimate of drug-likeness (QED) is 0.460. The number of carboxylic acid groups (broad SMARTS) is 1. The van der Waals surface area contributed by atoms with E-state index in [9.17, 15) is 9.90 Å². The number of rotatable bonds is 3. The van der Waals surface area contributed by atoms with Crippen molar-refractivity contribution < 1.29 is 15.0 Å². The van der Waals surface area contributed by atoms with E-state index in [1.54, 1.807) is 13.0 Å². The summed E-state index contributed by atoms with van der Waals surface area (Å²) < 4.78 is 0. The van der Waals surface area contributed by atoms with Crippen molar-refractivity contribution in [2.75, 3.05) is 0 Å².